The number of rotatable bonds is 4. The topological polar surface area (TPSA) is 77.5 Å². The zero-order valence-electron chi connectivity index (χ0n) is 15.1. The molecule has 0 aliphatic carbocycles. The molecular formula is C19H19N5O2. The average Bonchev–Trinajstić information content (AvgIpc) is 3.28. The van der Waals surface area contributed by atoms with Crippen LogP contribution in [-0.2, 0) is 0 Å². The first-order valence-corrected chi connectivity index (χ1v) is 8.26. The number of anilines is 2. The molecule has 3 aromatic heterocycles. The number of hydrogen-bond acceptors (Lipinski definition) is 6. The van der Waals surface area contributed by atoms with Crippen molar-refractivity contribution in [3.05, 3.63) is 53.4 Å². The van der Waals surface area contributed by atoms with Crippen LogP contribution in [0.1, 0.15) is 16.8 Å². The second kappa shape index (κ2) is 6.18. The number of methoxy groups -OCH3 is 1. The monoisotopic (exact) mass is 349 g/mol. The van der Waals surface area contributed by atoms with Crippen molar-refractivity contribution in [2.75, 3.05) is 12.4 Å². The lowest BCUT2D eigenvalue weighted by Crippen LogP contribution is -2.07. The van der Waals surface area contributed by atoms with Gasteiger partial charge in [0.15, 0.2) is 5.76 Å². The van der Waals surface area contributed by atoms with Crippen LogP contribution >= 0.6 is 0 Å². The molecule has 1 N–H and O–H groups in total. The van der Waals surface area contributed by atoms with Crippen molar-refractivity contribution in [3.63, 3.8) is 0 Å². The Hall–Kier alpha value is -3.35. The summed E-state index contributed by atoms with van der Waals surface area (Å²) in [6.45, 7) is 5.99. The van der Waals surface area contributed by atoms with E-state index in [0.717, 1.165) is 34.1 Å². The van der Waals surface area contributed by atoms with E-state index in [2.05, 4.69) is 20.4 Å². The molecule has 4 aromatic rings. The van der Waals surface area contributed by atoms with E-state index in [1.165, 1.54) is 0 Å². The number of benzene rings is 1. The fraction of sp³-hybridized carbons (Fsp3) is 0.211. The van der Waals surface area contributed by atoms with E-state index in [-0.39, 0.29) is 0 Å². The molecule has 0 spiro atoms. The van der Waals surface area contributed by atoms with Crippen LogP contribution in [0.4, 0.5) is 11.5 Å². The van der Waals surface area contributed by atoms with E-state index in [4.69, 9.17) is 9.15 Å². The Bertz CT molecular complexity index is 1080. The summed E-state index contributed by atoms with van der Waals surface area (Å²) in [6.07, 6.45) is 1.60. The number of fused-ring (bicyclic) bond motifs is 1. The number of aryl methyl sites for hydroxylation is 2. The summed E-state index contributed by atoms with van der Waals surface area (Å²) in [5.41, 5.74) is 3.85. The summed E-state index contributed by atoms with van der Waals surface area (Å²) in [4.78, 5) is 9.04. The van der Waals surface area contributed by atoms with E-state index in [1.54, 1.807) is 17.9 Å². The van der Waals surface area contributed by atoms with Crippen LogP contribution < -0.4 is 10.1 Å². The normalized spacial score (nSPS) is 11.1. The number of nitrogens with zero attached hydrogens (tertiary/aromatic N) is 4. The Labute approximate surface area is 150 Å². The van der Waals surface area contributed by atoms with Gasteiger partial charge in [0.2, 0.25) is 5.82 Å². The zero-order chi connectivity index (χ0) is 18.3. The molecule has 3 heterocycles. The largest absolute Gasteiger partial charge is 0.495 e. The smallest absolute Gasteiger partial charge is 0.255 e. The molecule has 0 saturated carbocycles. The highest BCUT2D eigenvalue weighted by Crippen LogP contribution is 2.31. The van der Waals surface area contributed by atoms with Crippen molar-refractivity contribution in [1.29, 1.82) is 0 Å². The van der Waals surface area contributed by atoms with Crippen LogP contribution in [0.2, 0.25) is 0 Å². The molecule has 0 atom stereocenters. The predicted molar refractivity (Wildman–Crippen MR) is 99.0 cm³/mol. The maximum absolute atomic E-state index is 5.48. The summed E-state index contributed by atoms with van der Waals surface area (Å²) < 4.78 is 12.6. The van der Waals surface area contributed by atoms with Crippen molar-refractivity contribution < 1.29 is 9.15 Å². The summed E-state index contributed by atoms with van der Waals surface area (Å²) in [6, 6.07) is 9.61. The van der Waals surface area contributed by atoms with Crippen molar-refractivity contribution >= 4 is 17.3 Å². The quantitative estimate of drug-likeness (QED) is 0.599. The van der Waals surface area contributed by atoms with E-state index in [1.807, 2.05) is 51.1 Å². The molecule has 26 heavy (non-hydrogen) atoms. The SMILES string of the molecule is COc1ccc(C)cc1Nc1c(C)c(C)nc2nc(-c3ccco3)nn12. The van der Waals surface area contributed by atoms with Gasteiger partial charge in [-0.2, -0.15) is 9.50 Å². The number of hydrogen-bond donors (Lipinski definition) is 1. The molecule has 0 amide bonds. The van der Waals surface area contributed by atoms with Gasteiger partial charge >= 0.3 is 0 Å². The second-order valence-electron chi connectivity index (χ2n) is 6.12. The summed E-state index contributed by atoms with van der Waals surface area (Å²) in [5.74, 6) is 3.15. The number of aromatic nitrogens is 4. The van der Waals surface area contributed by atoms with Crippen LogP contribution in [0, 0.1) is 20.8 Å². The van der Waals surface area contributed by atoms with Gasteiger partial charge in [-0.1, -0.05) is 6.07 Å². The van der Waals surface area contributed by atoms with Crippen LogP contribution in [0.15, 0.2) is 41.0 Å². The third kappa shape index (κ3) is 2.67. The van der Waals surface area contributed by atoms with E-state index < -0.39 is 0 Å². The molecule has 0 radical (unpaired) electrons. The van der Waals surface area contributed by atoms with Gasteiger partial charge in [-0.25, -0.2) is 4.98 Å². The van der Waals surface area contributed by atoms with Crippen LogP contribution in [0.3, 0.4) is 0 Å². The summed E-state index contributed by atoms with van der Waals surface area (Å²) in [5, 5.41) is 8.02. The van der Waals surface area contributed by atoms with Crippen molar-refractivity contribution in [3.8, 4) is 17.3 Å². The van der Waals surface area contributed by atoms with Crippen molar-refractivity contribution in [1.82, 2.24) is 19.6 Å². The van der Waals surface area contributed by atoms with Crippen LogP contribution in [-0.4, -0.2) is 26.7 Å². The molecule has 1 aromatic carbocycles. The van der Waals surface area contributed by atoms with Crippen molar-refractivity contribution in [2.24, 2.45) is 0 Å². The lowest BCUT2D eigenvalue weighted by atomic mass is 10.2. The van der Waals surface area contributed by atoms with Crippen LogP contribution in [0.25, 0.3) is 17.4 Å². The minimum Gasteiger partial charge on any atom is -0.495 e. The number of nitrogens with one attached hydrogen (secondary N) is 1. The van der Waals surface area contributed by atoms with Gasteiger partial charge in [-0.3, -0.25) is 0 Å². The third-order valence-electron chi connectivity index (χ3n) is 4.32. The lowest BCUT2D eigenvalue weighted by molar-refractivity contribution is 0.416. The van der Waals surface area contributed by atoms with Gasteiger partial charge in [0.1, 0.15) is 11.6 Å². The summed E-state index contributed by atoms with van der Waals surface area (Å²) in [7, 11) is 1.65. The molecule has 0 saturated heterocycles. The molecule has 0 bridgehead atoms. The first-order valence-electron chi connectivity index (χ1n) is 8.26. The Morgan fingerprint density at radius 3 is 2.69 bits per heavy atom. The molecule has 4 rings (SSSR count). The van der Waals surface area contributed by atoms with E-state index in [9.17, 15) is 0 Å². The fourth-order valence-electron chi connectivity index (χ4n) is 2.79. The molecule has 7 nitrogen and oxygen atoms in total. The predicted octanol–water partition coefficient (Wildman–Crippen LogP) is 4.06. The van der Waals surface area contributed by atoms with E-state index in [0.29, 0.717) is 17.4 Å². The Morgan fingerprint density at radius 2 is 1.96 bits per heavy atom. The summed E-state index contributed by atoms with van der Waals surface area (Å²) >= 11 is 0. The molecule has 0 unspecified atom stereocenters. The molecule has 0 aliphatic rings. The van der Waals surface area contributed by atoms with Crippen LogP contribution in [0.5, 0.6) is 5.75 Å². The van der Waals surface area contributed by atoms with Gasteiger partial charge < -0.3 is 14.5 Å². The van der Waals surface area contributed by atoms with Gasteiger partial charge in [-0.05, 0) is 50.6 Å². The van der Waals surface area contributed by atoms with Gasteiger partial charge in [0.05, 0.1) is 19.1 Å². The molecular weight excluding hydrogens is 330 g/mol. The van der Waals surface area contributed by atoms with Gasteiger partial charge in [0, 0.05) is 11.3 Å². The number of ether oxygens (including phenoxy) is 1. The lowest BCUT2D eigenvalue weighted by Gasteiger charge is -2.15. The third-order valence-corrected chi connectivity index (χ3v) is 4.32. The maximum atomic E-state index is 5.48. The molecule has 0 aliphatic heterocycles. The minimum atomic E-state index is 0.492. The van der Waals surface area contributed by atoms with Crippen molar-refractivity contribution in [2.45, 2.75) is 20.8 Å². The zero-order valence-corrected chi connectivity index (χ0v) is 15.1. The Balaban J connectivity index is 1.88. The Morgan fingerprint density at radius 1 is 1.12 bits per heavy atom. The fourth-order valence-corrected chi connectivity index (χ4v) is 2.79. The van der Waals surface area contributed by atoms with Gasteiger partial charge in [-0.15, -0.1) is 5.10 Å². The van der Waals surface area contributed by atoms with Gasteiger partial charge in [0.25, 0.3) is 5.78 Å². The molecule has 0 fully saturated rings. The highest BCUT2D eigenvalue weighted by atomic mass is 16.5. The highest BCUT2D eigenvalue weighted by Gasteiger charge is 2.17. The average molecular weight is 349 g/mol. The Kier molecular flexibility index (Phi) is 3.84. The molecule has 7 heteroatoms. The highest BCUT2D eigenvalue weighted by molar-refractivity contribution is 5.69. The second-order valence-corrected chi connectivity index (χ2v) is 6.12. The number of furan rings is 1. The maximum Gasteiger partial charge on any atom is 0.255 e. The standard InChI is InChI=1S/C19H19N5O2/c1-11-7-8-15(25-4)14(10-11)21-18-12(2)13(3)20-19-22-17(23-24(18)19)16-6-5-9-26-16/h5-10,21H,1-4H3. The molecule has 132 valence electrons. The minimum absolute atomic E-state index is 0.492. The first-order chi connectivity index (χ1) is 12.6. The van der Waals surface area contributed by atoms with E-state index >= 15 is 0 Å². The first kappa shape index (κ1) is 16.1.